The SMILES string of the molecule is CC(C)(C)OC(=O)N1C[C@H](F)C[C@@H]1c1nnc(-c2cccc(Cl)c2F)[nH]1. The summed E-state index contributed by atoms with van der Waals surface area (Å²) >= 11 is 5.79. The monoisotopic (exact) mass is 384 g/mol. The Bertz CT molecular complexity index is 821. The predicted molar refractivity (Wildman–Crippen MR) is 92.0 cm³/mol. The predicted octanol–water partition coefficient (Wildman–Crippen LogP) is 4.28. The molecule has 6 nitrogen and oxygen atoms in total. The minimum Gasteiger partial charge on any atom is -0.444 e. The number of nitrogens with one attached hydrogen (secondary N) is 1. The van der Waals surface area contributed by atoms with Crippen LogP contribution in [0.4, 0.5) is 13.6 Å². The zero-order valence-corrected chi connectivity index (χ0v) is 15.3. The highest BCUT2D eigenvalue weighted by atomic mass is 35.5. The number of hydrogen-bond acceptors (Lipinski definition) is 4. The fraction of sp³-hybridized carbons (Fsp3) is 0.471. The third-order valence-electron chi connectivity index (χ3n) is 3.90. The van der Waals surface area contributed by atoms with Crippen molar-refractivity contribution in [2.45, 2.75) is 45.0 Å². The maximum Gasteiger partial charge on any atom is 0.411 e. The molecule has 9 heteroatoms. The largest absolute Gasteiger partial charge is 0.444 e. The van der Waals surface area contributed by atoms with Crippen LogP contribution < -0.4 is 0 Å². The van der Waals surface area contributed by atoms with Crippen LogP contribution in [-0.4, -0.2) is 44.5 Å². The lowest BCUT2D eigenvalue weighted by Crippen LogP contribution is -2.37. The molecule has 26 heavy (non-hydrogen) atoms. The van der Waals surface area contributed by atoms with Crippen LogP contribution >= 0.6 is 11.6 Å². The third kappa shape index (κ3) is 3.80. The summed E-state index contributed by atoms with van der Waals surface area (Å²) < 4.78 is 33.5. The standard InChI is InChI=1S/C17H19ClF2N4O2/c1-17(2,3)26-16(25)24-8-9(19)7-12(24)15-21-14(22-23-15)10-5-4-6-11(18)13(10)20/h4-6,9,12H,7-8H2,1-3H3,(H,21,22,23)/t9-,12-/m1/s1. The molecule has 0 bridgehead atoms. The fourth-order valence-corrected chi connectivity index (χ4v) is 2.97. The van der Waals surface area contributed by atoms with Gasteiger partial charge in [0.2, 0.25) is 0 Å². The molecule has 1 fully saturated rings. The lowest BCUT2D eigenvalue weighted by Gasteiger charge is -2.27. The number of rotatable bonds is 2. The van der Waals surface area contributed by atoms with E-state index in [4.69, 9.17) is 16.3 Å². The molecule has 1 N–H and O–H groups in total. The van der Waals surface area contributed by atoms with E-state index >= 15 is 0 Å². The van der Waals surface area contributed by atoms with Crippen LogP contribution in [0.3, 0.4) is 0 Å². The Morgan fingerprint density at radius 2 is 2.12 bits per heavy atom. The average Bonchev–Trinajstić information content (AvgIpc) is 3.14. The van der Waals surface area contributed by atoms with Crippen molar-refractivity contribution < 1.29 is 18.3 Å². The van der Waals surface area contributed by atoms with E-state index in [-0.39, 0.29) is 35.2 Å². The van der Waals surface area contributed by atoms with Gasteiger partial charge < -0.3 is 9.72 Å². The van der Waals surface area contributed by atoms with Gasteiger partial charge >= 0.3 is 6.09 Å². The zero-order valence-electron chi connectivity index (χ0n) is 14.6. The number of alkyl halides is 1. The second-order valence-corrected chi connectivity index (χ2v) is 7.55. The number of likely N-dealkylation sites (tertiary alicyclic amines) is 1. The topological polar surface area (TPSA) is 71.1 Å². The molecule has 2 aromatic rings. The number of H-pyrrole nitrogens is 1. The smallest absolute Gasteiger partial charge is 0.411 e. The highest BCUT2D eigenvalue weighted by molar-refractivity contribution is 6.31. The van der Waals surface area contributed by atoms with Crippen molar-refractivity contribution in [1.82, 2.24) is 20.1 Å². The van der Waals surface area contributed by atoms with Crippen molar-refractivity contribution in [3.05, 3.63) is 34.9 Å². The average molecular weight is 385 g/mol. The lowest BCUT2D eigenvalue weighted by molar-refractivity contribution is 0.0211. The number of carbonyl (C=O) groups excluding carboxylic acids is 1. The van der Waals surface area contributed by atoms with Crippen molar-refractivity contribution >= 4 is 17.7 Å². The normalized spacial score (nSPS) is 20.5. The van der Waals surface area contributed by atoms with E-state index in [1.165, 1.54) is 17.0 Å². The van der Waals surface area contributed by atoms with E-state index in [0.29, 0.717) is 0 Å². The third-order valence-corrected chi connectivity index (χ3v) is 4.20. The number of halogens is 3. The van der Waals surface area contributed by atoms with Crippen molar-refractivity contribution in [1.29, 1.82) is 0 Å². The number of benzene rings is 1. The maximum atomic E-state index is 14.2. The van der Waals surface area contributed by atoms with Gasteiger partial charge in [-0.15, -0.1) is 10.2 Å². The van der Waals surface area contributed by atoms with Crippen molar-refractivity contribution in [2.24, 2.45) is 0 Å². The first-order chi connectivity index (χ1) is 12.2. The molecule has 1 amide bonds. The summed E-state index contributed by atoms with van der Waals surface area (Å²) in [5.41, 5.74) is -0.554. The van der Waals surface area contributed by atoms with Gasteiger partial charge in [0.15, 0.2) is 17.5 Å². The molecule has 1 aromatic carbocycles. The molecule has 2 heterocycles. The summed E-state index contributed by atoms with van der Waals surface area (Å²) in [5.74, 6) is -0.201. The van der Waals surface area contributed by atoms with E-state index in [0.717, 1.165) is 0 Å². The second-order valence-electron chi connectivity index (χ2n) is 7.14. The van der Waals surface area contributed by atoms with Gasteiger partial charge in [0, 0.05) is 6.42 Å². The molecule has 0 spiro atoms. The number of aromatic nitrogens is 3. The van der Waals surface area contributed by atoms with Gasteiger partial charge in [-0.2, -0.15) is 0 Å². The van der Waals surface area contributed by atoms with Gasteiger partial charge in [0.05, 0.1) is 23.2 Å². The molecule has 140 valence electrons. The Hall–Kier alpha value is -2.22. The Kier molecular flexibility index (Phi) is 4.88. The zero-order chi connectivity index (χ0) is 19.1. The van der Waals surface area contributed by atoms with Crippen molar-refractivity contribution in [3.63, 3.8) is 0 Å². The number of ether oxygens (including phenoxy) is 1. The molecular weight excluding hydrogens is 366 g/mol. The first-order valence-corrected chi connectivity index (χ1v) is 8.54. The van der Waals surface area contributed by atoms with Crippen LogP contribution in [0.1, 0.15) is 39.1 Å². The summed E-state index contributed by atoms with van der Waals surface area (Å²) in [6, 6.07) is 3.85. The van der Waals surface area contributed by atoms with Crippen LogP contribution in [0.2, 0.25) is 5.02 Å². The fourth-order valence-electron chi connectivity index (χ4n) is 2.80. The molecule has 2 atom stereocenters. The highest BCUT2D eigenvalue weighted by Crippen LogP contribution is 2.34. The Morgan fingerprint density at radius 1 is 1.38 bits per heavy atom. The van der Waals surface area contributed by atoms with Crippen LogP contribution in [-0.2, 0) is 4.74 Å². The number of aromatic amines is 1. The minimum absolute atomic E-state index is 0.0412. The summed E-state index contributed by atoms with van der Waals surface area (Å²) in [6.45, 7) is 5.10. The lowest BCUT2D eigenvalue weighted by atomic mass is 10.2. The Labute approximate surface area is 154 Å². The molecule has 0 radical (unpaired) electrons. The van der Waals surface area contributed by atoms with Gasteiger partial charge in [-0.1, -0.05) is 17.7 Å². The van der Waals surface area contributed by atoms with Gasteiger partial charge in [0.25, 0.3) is 0 Å². The molecule has 3 rings (SSSR count). The molecule has 1 aromatic heterocycles. The first kappa shape index (κ1) is 18.6. The molecular formula is C17H19ClF2N4O2. The summed E-state index contributed by atoms with van der Waals surface area (Å²) in [5, 5.41) is 7.86. The van der Waals surface area contributed by atoms with Crippen molar-refractivity contribution in [2.75, 3.05) is 6.54 Å². The van der Waals surface area contributed by atoms with Gasteiger partial charge in [0.1, 0.15) is 11.8 Å². The quantitative estimate of drug-likeness (QED) is 0.838. The second kappa shape index (κ2) is 6.83. The summed E-state index contributed by atoms with van der Waals surface area (Å²) in [4.78, 5) is 16.5. The molecule has 0 unspecified atom stereocenters. The van der Waals surface area contributed by atoms with E-state index in [2.05, 4.69) is 15.2 Å². The number of amides is 1. The van der Waals surface area contributed by atoms with E-state index in [1.807, 2.05) is 0 Å². The number of hydrogen-bond donors (Lipinski definition) is 1. The maximum absolute atomic E-state index is 14.2. The van der Waals surface area contributed by atoms with Crippen LogP contribution in [0.25, 0.3) is 11.4 Å². The van der Waals surface area contributed by atoms with Crippen LogP contribution in [0.15, 0.2) is 18.2 Å². The first-order valence-electron chi connectivity index (χ1n) is 8.16. The van der Waals surface area contributed by atoms with Crippen LogP contribution in [0.5, 0.6) is 0 Å². The molecule has 0 aliphatic carbocycles. The Morgan fingerprint density at radius 3 is 2.81 bits per heavy atom. The summed E-state index contributed by atoms with van der Waals surface area (Å²) in [6.07, 6.45) is -1.77. The molecule has 0 saturated carbocycles. The van der Waals surface area contributed by atoms with Gasteiger partial charge in [-0.3, -0.25) is 4.90 Å². The number of carbonyl (C=O) groups is 1. The van der Waals surface area contributed by atoms with Crippen molar-refractivity contribution in [3.8, 4) is 11.4 Å². The summed E-state index contributed by atoms with van der Waals surface area (Å²) in [7, 11) is 0. The molecule has 1 aliphatic rings. The Balaban J connectivity index is 1.87. The number of nitrogens with zero attached hydrogens (tertiary/aromatic N) is 3. The van der Waals surface area contributed by atoms with Gasteiger partial charge in [-0.25, -0.2) is 13.6 Å². The van der Waals surface area contributed by atoms with Crippen LogP contribution in [0, 0.1) is 5.82 Å². The highest BCUT2D eigenvalue weighted by Gasteiger charge is 2.40. The minimum atomic E-state index is -1.20. The van der Waals surface area contributed by atoms with Gasteiger partial charge in [-0.05, 0) is 32.9 Å². The van der Waals surface area contributed by atoms with E-state index in [9.17, 15) is 13.6 Å². The molecule has 1 saturated heterocycles. The van der Waals surface area contributed by atoms with E-state index in [1.54, 1.807) is 26.8 Å². The molecule has 1 aliphatic heterocycles. The van der Waals surface area contributed by atoms with E-state index < -0.39 is 29.7 Å².